The van der Waals surface area contributed by atoms with Crippen LogP contribution >= 0.6 is 23.2 Å². The van der Waals surface area contributed by atoms with Gasteiger partial charge in [-0.1, -0.05) is 30.9 Å². The predicted octanol–water partition coefficient (Wildman–Crippen LogP) is 3.83. The molecule has 0 atom stereocenters. The summed E-state index contributed by atoms with van der Waals surface area (Å²) in [5.41, 5.74) is 1.07. The highest BCUT2D eigenvalue weighted by Gasteiger charge is 2.19. The molecule has 1 aliphatic rings. The fourth-order valence-electron chi connectivity index (χ4n) is 2.04. The molecular formula is C10H12Cl2N2. The maximum absolute atomic E-state index is 6.03. The largest absolute Gasteiger partial charge is 0.226 e. The highest BCUT2D eigenvalue weighted by Crippen LogP contribution is 2.35. The second kappa shape index (κ2) is 4.45. The van der Waals surface area contributed by atoms with Crippen LogP contribution in [0.15, 0.2) is 6.20 Å². The van der Waals surface area contributed by atoms with E-state index in [9.17, 15) is 0 Å². The van der Waals surface area contributed by atoms with Crippen molar-refractivity contribution in [2.24, 2.45) is 0 Å². The van der Waals surface area contributed by atoms with Gasteiger partial charge in [-0.25, -0.2) is 9.97 Å². The summed E-state index contributed by atoms with van der Waals surface area (Å²) in [6.45, 7) is 0. The van der Waals surface area contributed by atoms with Crippen LogP contribution in [0.1, 0.15) is 43.6 Å². The molecule has 1 aliphatic carbocycles. The van der Waals surface area contributed by atoms with Crippen LogP contribution in [-0.2, 0) is 0 Å². The fraction of sp³-hybridized carbons (Fsp3) is 0.600. The molecule has 1 fully saturated rings. The molecule has 76 valence electrons. The Bertz CT molecular complexity index is 322. The lowest BCUT2D eigenvalue weighted by Crippen LogP contribution is -2.06. The van der Waals surface area contributed by atoms with Crippen molar-refractivity contribution in [3.8, 4) is 0 Å². The van der Waals surface area contributed by atoms with Gasteiger partial charge >= 0.3 is 0 Å². The Balaban J connectivity index is 2.22. The summed E-state index contributed by atoms with van der Waals surface area (Å²) in [6, 6.07) is 0. The molecule has 2 nitrogen and oxygen atoms in total. The predicted molar refractivity (Wildman–Crippen MR) is 57.9 cm³/mol. The van der Waals surface area contributed by atoms with Gasteiger partial charge in [0, 0.05) is 11.8 Å². The molecule has 0 aromatic carbocycles. The zero-order valence-electron chi connectivity index (χ0n) is 7.84. The van der Waals surface area contributed by atoms with Crippen molar-refractivity contribution >= 4 is 23.2 Å². The van der Waals surface area contributed by atoms with E-state index < -0.39 is 0 Å². The average Bonchev–Trinajstić information content (AvgIpc) is 2.19. The van der Waals surface area contributed by atoms with E-state index in [4.69, 9.17) is 23.2 Å². The molecule has 1 aromatic heterocycles. The summed E-state index contributed by atoms with van der Waals surface area (Å²) in [7, 11) is 0. The number of hydrogen-bond donors (Lipinski definition) is 0. The van der Waals surface area contributed by atoms with Gasteiger partial charge in [0.15, 0.2) is 0 Å². The van der Waals surface area contributed by atoms with Gasteiger partial charge < -0.3 is 0 Å². The second-order valence-corrected chi connectivity index (χ2v) is 4.42. The van der Waals surface area contributed by atoms with E-state index in [-0.39, 0.29) is 5.28 Å². The van der Waals surface area contributed by atoms with Gasteiger partial charge in [-0.2, -0.15) is 0 Å². The Kier molecular flexibility index (Phi) is 3.24. The molecule has 0 bridgehead atoms. The van der Waals surface area contributed by atoms with Crippen molar-refractivity contribution in [3.05, 3.63) is 22.2 Å². The van der Waals surface area contributed by atoms with Gasteiger partial charge in [0.1, 0.15) is 5.15 Å². The van der Waals surface area contributed by atoms with Crippen LogP contribution in [-0.4, -0.2) is 9.97 Å². The number of nitrogens with zero attached hydrogens (tertiary/aromatic N) is 2. The maximum Gasteiger partial charge on any atom is 0.223 e. The van der Waals surface area contributed by atoms with Gasteiger partial charge in [-0.05, 0) is 30.4 Å². The quantitative estimate of drug-likeness (QED) is 0.542. The molecule has 1 saturated carbocycles. The Morgan fingerprint density at radius 1 is 1.14 bits per heavy atom. The van der Waals surface area contributed by atoms with Crippen LogP contribution in [0.3, 0.4) is 0 Å². The third-order valence-electron chi connectivity index (χ3n) is 2.78. The number of halogens is 2. The van der Waals surface area contributed by atoms with Gasteiger partial charge in [0.25, 0.3) is 0 Å². The summed E-state index contributed by atoms with van der Waals surface area (Å²) in [6.07, 6.45) is 8.07. The summed E-state index contributed by atoms with van der Waals surface area (Å²) in [5.74, 6) is 0.536. The van der Waals surface area contributed by atoms with E-state index in [2.05, 4.69) is 9.97 Å². The molecule has 0 spiro atoms. The van der Waals surface area contributed by atoms with Gasteiger partial charge in [0.05, 0.1) is 0 Å². The first-order valence-corrected chi connectivity index (χ1v) is 5.71. The minimum Gasteiger partial charge on any atom is -0.226 e. The minimum atomic E-state index is 0.231. The Morgan fingerprint density at radius 3 is 2.50 bits per heavy atom. The first kappa shape index (κ1) is 10.2. The molecule has 0 radical (unpaired) electrons. The zero-order chi connectivity index (χ0) is 9.97. The number of hydrogen-bond acceptors (Lipinski definition) is 2. The summed E-state index contributed by atoms with van der Waals surface area (Å²) >= 11 is 11.7. The highest BCUT2D eigenvalue weighted by atomic mass is 35.5. The van der Waals surface area contributed by atoms with Crippen molar-refractivity contribution in [3.63, 3.8) is 0 Å². The molecule has 1 aromatic rings. The number of aromatic nitrogens is 2. The average molecular weight is 231 g/mol. The van der Waals surface area contributed by atoms with Crippen LogP contribution < -0.4 is 0 Å². The van der Waals surface area contributed by atoms with Crippen molar-refractivity contribution in [2.75, 3.05) is 0 Å². The monoisotopic (exact) mass is 230 g/mol. The SMILES string of the molecule is Clc1ncc(C2CCCCC2)c(Cl)n1. The highest BCUT2D eigenvalue weighted by molar-refractivity contribution is 6.32. The lowest BCUT2D eigenvalue weighted by Gasteiger charge is -2.21. The lowest BCUT2D eigenvalue weighted by molar-refractivity contribution is 0.442. The fourth-order valence-corrected chi connectivity index (χ4v) is 2.50. The molecule has 0 aliphatic heterocycles. The van der Waals surface area contributed by atoms with Crippen molar-refractivity contribution in [1.29, 1.82) is 0 Å². The van der Waals surface area contributed by atoms with E-state index in [0.717, 1.165) is 5.56 Å². The van der Waals surface area contributed by atoms with E-state index in [1.165, 1.54) is 32.1 Å². The second-order valence-electron chi connectivity index (χ2n) is 3.72. The number of rotatable bonds is 1. The normalized spacial score (nSPS) is 18.4. The topological polar surface area (TPSA) is 25.8 Å². The van der Waals surface area contributed by atoms with Crippen LogP contribution in [0.2, 0.25) is 10.4 Å². The van der Waals surface area contributed by atoms with Crippen molar-refractivity contribution < 1.29 is 0 Å². The molecule has 0 saturated heterocycles. The zero-order valence-corrected chi connectivity index (χ0v) is 9.35. The summed E-state index contributed by atoms with van der Waals surface area (Å²) < 4.78 is 0. The smallest absolute Gasteiger partial charge is 0.223 e. The Morgan fingerprint density at radius 2 is 1.86 bits per heavy atom. The molecular weight excluding hydrogens is 219 g/mol. The summed E-state index contributed by atoms with van der Waals surface area (Å²) in [4.78, 5) is 7.95. The van der Waals surface area contributed by atoms with Gasteiger partial charge in [-0.15, -0.1) is 0 Å². The van der Waals surface area contributed by atoms with Gasteiger partial charge in [-0.3, -0.25) is 0 Å². The third-order valence-corrected chi connectivity index (χ3v) is 3.27. The molecule has 0 N–H and O–H groups in total. The Labute approximate surface area is 93.7 Å². The van der Waals surface area contributed by atoms with Crippen LogP contribution in [0.4, 0.5) is 0 Å². The first-order chi connectivity index (χ1) is 6.77. The van der Waals surface area contributed by atoms with Crippen molar-refractivity contribution in [1.82, 2.24) is 9.97 Å². The Hall–Kier alpha value is -0.340. The van der Waals surface area contributed by atoms with E-state index in [0.29, 0.717) is 11.1 Å². The van der Waals surface area contributed by atoms with Gasteiger partial charge in [0.2, 0.25) is 5.28 Å². The van der Waals surface area contributed by atoms with Crippen LogP contribution in [0.5, 0.6) is 0 Å². The van der Waals surface area contributed by atoms with Crippen LogP contribution in [0, 0.1) is 0 Å². The summed E-state index contributed by atoms with van der Waals surface area (Å²) in [5, 5.41) is 0.756. The minimum absolute atomic E-state index is 0.231. The van der Waals surface area contributed by atoms with Crippen LogP contribution in [0.25, 0.3) is 0 Å². The molecule has 0 unspecified atom stereocenters. The van der Waals surface area contributed by atoms with E-state index in [1.54, 1.807) is 6.20 Å². The first-order valence-electron chi connectivity index (χ1n) is 4.95. The van der Waals surface area contributed by atoms with E-state index in [1.807, 2.05) is 0 Å². The lowest BCUT2D eigenvalue weighted by atomic mass is 9.85. The van der Waals surface area contributed by atoms with E-state index >= 15 is 0 Å². The standard InChI is InChI=1S/C10H12Cl2N2/c11-9-8(6-13-10(12)14-9)7-4-2-1-3-5-7/h6-7H,1-5H2. The molecule has 4 heteroatoms. The molecule has 1 heterocycles. The third kappa shape index (κ3) is 2.18. The molecule has 0 amide bonds. The molecule has 2 rings (SSSR count). The van der Waals surface area contributed by atoms with Crippen molar-refractivity contribution in [2.45, 2.75) is 38.0 Å². The maximum atomic E-state index is 6.03. The molecule has 14 heavy (non-hydrogen) atoms.